The van der Waals surface area contributed by atoms with Crippen LogP contribution in [0.25, 0.3) is 0 Å². The van der Waals surface area contributed by atoms with Crippen LogP contribution in [0.4, 0.5) is 0 Å². The van der Waals surface area contributed by atoms with Gasteiger partial charge in [-0.1, -0.05) is 0 Å². The van der Waals surface area contributed by atoms with Gasteiger partial charge in [0.15, 0.2) is 0 Å². The Hall–Kier alpha value is -0.820. The average Bonchev–Trinajstić information content (AvgIpc) is 2.43. The van der Waals surface area contributed by atoms with Crippen molar-refractivity contribution in [3.05, 3.63) is 0 Å². The largest absolute Gasteiger partial charge is 0.304 e. The van der Waals surface area contributed by atoms with Crippen LogP contribution in [0.15, 0.2) is 0 Å². The summed E-state index contributed by atoms with van der Waals surface area (Å²) in [7, 11) is 4.19. The van der Waals surface area contributed by atoms with Crippen molar-refractivity contribution in [3.8, 4) is 0 Å². The highest BCUT2D eigenvalue weighted by molar-refractivity contribution is 5.52. The molecule has 6 heteroatoms. The molecular formula is C14H28N4O2. The van der Waals surface area contributed by atoms with Gasteiger partial charge in [0, 0.05) is 52.4 Å². The second-order valence-corrected chi connectivity index (χ2v) is 5.54. The standard InChI is InChI=1S/C14H28N4O2/c1-15-3-7-17(11-13-19)9-5-16(2)6-10-18(8-4-15)12-14-20/h13-14H,3-12H2,1-2H3. The van der Waals surface area contributed by atoms with Crippen LogP contribution in [0.3, 0.4) is 0 Å². The first-order valence-electron chi connectivity index (χ1n) is 7.34. The van der Waals surface area contributed by atoms with E-state index in [0.29, 0.717) is 13.1 Å². The molecule has 0 saturated carbocycles. The maximum Gasteiger partial charge on any atom is 0.133 e. The molecule has 0 bridgehead atoms. The minimum Gasteiger partial charge on any atom is -0.304 e. The van der Waals surface area contributed by atoms with Gasteiger partial charge in [-0.2, -0.15) is 0 Å². The van der Waals surface area contributed by atoms with E-state index in [1.54, 1.807) is 0 Å². The molecule has 0 atom stereocenters. The second-order valence-electron chi connectivity index (χ2n) is 5.54. The molecule has 116 valence electrons. The third-order valence-electron chi connectivity index (χ3n) is 3.86. The summed E-state index contributed by atoms with van der Waals surface area (Å²) in [6, 6.07) is 0. The first-order chi connectivity index (χ1) is 9.65. The minimum atomic E-state index is 0.513. The number of rotatable bonds is 4. The zero-order chi connectivity index (χ0) is 14.8. The van der Waals surface area contributed by atoms with Crippen LogP contribution in [0.2, 0.25) is 0 Å². The Kier molecular flexibility index (Phi) is 8.60. The molecule has 0 aromatic heterocycles. The predicted molar refractivity (Wildman–Crippen MR) is 80.0 cm³/mol. The summed E-state index contributed by atoms with van der Waals surface area (Å²) in [6.07, 6.45) is 1.97. The lowest BCUT2D eigenvalue weighted by Crippen LogP contribution is -2.44. The molecule has 1 fully saturated rings. The molecule has 0 aromatic carbocycles. The van der Waals surface area contributed by atoms with Crippen molar-refractivity contribution in [2.75, 3.05) is 79.5 Å². The van der Waals surface area contributed by atoms with Gasteiger partial charge in [0.25, 0.3) is 0 Å². The summed E-state index contributed by atoms with van der Waals surface area (Å²) in [5.41, 5.74) is 0. The summed E-state index contributed by atoms with van der Waals surface area (Å²) >= 11 is 0. The third-order valence-corrected chi connectivity index (χ3v) is 3.86. The zero-order valence-corrected chi connectivity index (χ0v) is 12.8. The van der Waals surface area contributed by atoms with Gasteiger partial charge in [-0.15, -0.1) is 0 Å². The Morgan fingerprint density at radius 2 is 0.950 bits per heavy atom. The van der Waals surface area contributed by atoms with Crippen LogP contribution in [-0.2, 0) is 9.59 Å². The topological polar surface area (TPSA) is 47.1 Å². The highest BCUT2D eigenvalue weighted by Crippen LogP contribution is 1.97. The second kappa shape index (κ2) is 9.99. The van der Waals surface area contributed by atoms with Crippen molar-refractivity contribution in [2.24, 2.45) is 0 Å². The SMILES string of the molecule is CN1CCN(CC=O)CCN(C)CCN(CC=O)CC1. The van der Waals surface area contributed by atoms with Crippen molar-refractivity contribution in [2.45, 2.75) is 0 Å². The molecule has 0 aliphatic carbocycles. The Morgan fingerprint density at radius 1 is 0.650 bits per heavy atom. The van der Waals surface area contributed by atoms with Crippen LogP contribution in [0.1, 0.15) is 0 Å². The molecule has 0 amide bonds. The smallest absolute Gasteiger partial charge is 0.133 e. The Balaban J connectivity index is 2.54. The van der Waals surface area contributed by atoms with Crippen LogP contribution in [0, 0.1) is 0 Å². The fourth-order valence-electron chi connectivity index (χ4n) is 2.27. The van der Waals surface area contributed by atoms with E-state index >= 15 is 0 Å². The lowest BCUT2D eigenvalue weighted by Gasteiger charge is -2.30. The van der Waals surface area contributed by atoms with Gasteiger partial charge < -0.3 is 19.4 Å². The molecule has 0 unspecified atom stereocenters. The fraction of sp³-hybridized carbons (Fsp3) is 0.857. The van der Waals surface area contributed by atoms with Gasteiger partial charge in [0.2, 0.25) is 0 Å². The van der Waals surface area contributed by atoms with E-state index in [1.807, 2.05) is 0 Å². The molecule has 0 spiro atoms. The maximum atomic E-state index is 10.7. The number of likely N-dealkylation sites (N-methyl/N-ethyl adjacent to an activating group) is 2. The van der Waals surface area contributed by atoms with E-state index in [2.05, 4.69) is 33.7 Å². The lowest BCUT2D eigenvalue weighted by molar-refractivity contribution is -0.109. The maximum absolute atomic E-state index is 10.7. The van der Waals surface area contributed by atoms with E-state index in [1.165, 1.54) is 0 Å². The molecule has 1 rings (SSSR count). The minimum absolute atomic E-state index is 0.513. The van der Waals surface area contributed by atoms with Crippen molar-refractivity contribution in [1.82, 2.24) is 19.6 Å². The third kappa shape index (κ3) is 7.09. The summed E-state index contributed by atoms with van der Waals surface area (Å²) in [5, 5.41) is 0. The Morgan fingerprint density at radius 3 is 1.20 bits per heavy atom. The summed E-state index contributed by atoms with van der Waals surface area (Å²) in [4.78, 5) is 30.4. The van der Waals surface area contributed by atoms with Gasteiger partial charge in [-0.3, -0.25) is 9.80 Å². The molecule has 0 radical (unpaired) electrons. The van der Waals surface area contributed by atoms with Gasteiger partial charge in [-0.25, -0.2) is 0 Å². The number of hydrogen-bond acceptors (Lipinski definition) is 6. The summed E-state index contributed by atoms with van der Waals surface area (Å²) < 4.78 is 0. The first-order valence-corrected chi connectivity index (χ1v) is 7.34. The molecule has 0 N–H and O–H groups in total. The van der Waals surface area contributed by atoms with E-state index in [9.17, 15) is 9.59 Å². The summed E-state index contributed by atoms with van der Waals surface area (Å²) in [5.74, 6) is 0. The van der Waals surface area contributed by atoms with Crippen molar-refractivity contribution < 1.29 is 9.59 Å². The van der Waals surface area contributed by atoms with Gasteiger partial charge >= 0.3 is 0 Å². The highest BCUT2D eigenvalue weighted by atomic mass is 16.1. The van der Waals surface area contributed by atoms with Gasteiger partial charge in [0.05, 0.1) is 13.1 Å². The lowest BCUT2D eigenvalue weighted by atomic mass is 10.3. The van der Waals surface area contributed by atoms with Crippen LogP contribution < -0.4 is 0 Å². The average molecular weight is 284 g/mol. The Labute approximate surface area is 122 Å². The van der Waals surface area contributed by atoms with Crippen LogP contribution in [-0.4, -0.2) is 112 Å². The number of nitrogens with zero attached hydrogens (tertiary/aromatic N) is 4. The van der Waals surface area contributed by atoms with Crippen LogP contribution in [0.5, 0.6) is 0 Å². The zero-order valence-electron chi connectivity index (χ0n) is 12.8. The quantitative estimate of drug-likeness (QED) is 0.609. The van der Waals surface area contributed by atoms with E-state index in [4.69, 9.17) is 0 Å². The number of carbonyl (C=O) groups excluding carboxylic acids is 2. The summed E-state index contributed by atoms with van der Waals surface area (Å²) in [6.45, 7) is 8.48. The first kappa shape index (κ1) is 17.2. The predicted octanol–water partition coefficient (Wildman–Crippen LogP) is -1.13. The number of carbonyl (C=O) groups is 2. The van der Waals surface area contributed by atoms with Crippen LogP contribution >= 0.6 is 0 Å². The van der Waals surface area contributed by atoms with E-state index in [-0.39, 0.29) is 0 Å². The van der Waals surface area contributed by atoms with Gasteiger partial charge in [-0.05, 0) is 14.1 Å². The van der Waals surface area contributed by atoms with Crippen molar-refractivity contribution in [3.63, 3.8) is 0 Å². The van der Waals surface area contributed by atoms with E-state index in [0.717, 1.165) is 64.9 Å². The monoisotopic (exact) mass is 284 g/mol. The fourth-order valence-corrected chi connectivity index (χ4v) is 2.27. The molecule has 0 aromatic rings. The Bertz CT molecular complexity index is 244. The normalized spacial score (nSPS) is 22.9. The molecule has 1 saturated heterocycles. The number of hydrogen-bond donors (Lipinski definition) is 0. The van der Waals surface area contributed by atoms with E-state index < -0.39 is 0 Å². The van der Waals surface area contributed by atoms with Crippen molar-refractivity contribution in [1.29, 1.82) is 0 Å². The highest BCUT2D eigenvalue weighted by Gasteiger charge is 2.12. The molecule has 20 heavy (non-hydrogen) atoms. The molecule has 1 heterocycles. The molecule has 6 nitrogen and oxygen atoms in total. The molecule has 1 aliphatic heterocycles. The molecular weight excluding hydrogens is 256 g/mol. The molecule has 1 aliphatic rings. The van der Waals surface area contributed by atoms with Gasteiger partial charge in [0.1, 0.15) is 12.6 Å². The number of aldehydes is 2. The van der Waals surface area contributed by atoms with Crippen molar-refractivity contribution >= 4 is 12.6 Å².